The fraction of sp³-hybridized carbons (Fsp3) is 0.846. The molecule has 4 unspecified atom stereocenters. The van der Waals surface area contributed by atoms with Crippen LogP contribution >= 0.6 is 0 Å². The molecule has 1 aliphatic heterocycles. The van der Waals surface area contributed by atoms with Crippen molar-refractivity contribution >= 4 is 0 Å². The molecule has 1 saturated carbocycles. The highest BCUT2D eigenvalue weighted by molar-refractivity contribution is 5.11. The fourth-order valence-corrected chi connectivity index (χ4v) is 4.11. The Kier molecular flexibility index (Phi) is 2.16. The van der Waals surface area contributed by atoms with Gasteiger partial charge < -0.3 is 0 Å². The van der Waals surface area contributed by atoms with Crippen LogP contribution in [0.25, 0.3) is 0 Å². The molecule has 2 fully saturated rings. The van der Waals surface area contributed by atoms with Crippen molar-refractivity contribution < 1.29 is 0 Å². The van der Waals surface area contributed by atoms with Crippen LogP contribution in [-0.2, 0) is 0 Å². The first-order valence-corrected chi connectivity index (χ1v) is 6.26. The van der Waals surface area contributed by atoms with E-state index in [4.69, 9.17) is 0 Å². The van der Waals surface area contributed by atoms with Crippen LogP contribution in [0.4, 0.5) is 0 Å². The van der Waals surface area contributed by atoms with E-state index in [2.05, 4.69) is 24.1 Å². The van der Waals surface area contributed by atoms with Crippen molar-refractivity contribution in [1.82, 2.24) is 4.90 Å². The summed E-state index contributed by atoms with van der Waals surface area (Å²) in [4.78, 5) is 2.67. The third-order valence-corrected chi connectivity index (χ3v) is 4.76. The molecule has 0 aromatic heterocycles. The number of allylic oxidation sites excluding steroid dienone is 1. The van der Waals surface area contributed by atoms with Crippen LogP contribution in [-0.4, -0.2) is 24.0 Å². The predicted octanol–water partition coefficient (Wildman–Crippen LogP) is 2.83. The lowest BCUT2D eigenvalue weighted by Gasteiger charge is -2.30. The Balaban J connectivity index is 1.88. The van der Waals surface area contributed by atoms with E-state index in [-0.39, 0.29) is 0 Å². The maximum absolute atomic E-state index is 2.67. The zero-order chi connectivity index (χ0) is 9.54. The van der Waals surface area contributed by atoms with E-state index in [1.807, 2.05) is 0 Å². The summed E-state index contributed by atoms with van der Waals surface area (Å²) in [7, 11) is 2.35. The van der Waals surface area contributed by atoms with E-state index in [1.54, 1.807) is 0 Å². The largest absolute Gasteiger partial charge is 0.296 e. The van der Waals surface area contributed by atoms with E-state index in [1.165, 1.54) is 38.5 Å². The van der Waals surface area contributed by atoms with Crippen LogP contribution in [0.1, 0.15) is 38.5 Å². The average Bonchev–Trinajstić information content (AvgIpc) is 2.55. The Morgan fingerprint density at radius 1 is 1.07 bits per heavy atom. The zero-order valence-electron chi connectivity index (χ0n) is 9.15. The summed E-state index contributed by atoms with van der Waals surface area (Å²) in [5.74, 6) is 2.03. The van der Waals surface area contributed by atoms with Crippen LogP contribution in [0.3, 0.4) is 0 Å². The minimum atomic E-state index is 0.789. The number of likely N-dealkylation sites (tertiary alicyclic amines) is 1. The highest BCUT2D eigenvalue weighted by Crippen LogP contribution is 2.46. The van der Waals surface area contributed by atoms with Crippen molar-refractivity contribution in [3.63, 3.8) is 0 Å². The molecule has 0 N–H and O–H groups in total. The molecule has 3 rings (SSSR count). The van der Waals surface area contributed by atoms with E-state index in [9.17, 15) is 0 Å². The van der Waals surface area contributed by atoms with Gasteiger partial charge in [-0.05, 0) is 44.6 Å². The number of likely N-dealkylation sites (N-methyl/N-ethyl adjacent to an activating group) is 1. The molecule has 14 heavy (non-hydrogen) atoms. The lowest BCUT2D eigenvalue weighted by molar-refractivity contribution is 0.198. The Bertz CT molecular complexity index is 246. The predicted molar refractivity (Wildman–Crippen MR) is 59.2 cm³/mol. The number of hydrogen-bond donors (Lipinski definition) is 0. The molecule has 1 heteroatoms. The minimum absolute atomic E-state index is 0.789. The summed E-state index contributed by atoms with van der Waals surface area (Å²) in [6, 6.07) is 1.71. The topological polar surface area (TPSA) is 3.24 Å². The molecule has 1 nitrogen and oxygen atoms in total. The van der Waals surface area contributed by atoms with Gasteiger partial charge in [-0.2, -0.15) is 0 Å². The van der Waals surface area contributed by atoms with Gasteiger partial charge in [0.1, 0.15) is 0 Å². The zero-order valence-corrected chi connectivity index (χ0v) is 9.15. The van der Waals surface area contributed by atoms with Crippen molar-refractivity contribution in [3.8, 4) is 0 Å². The summed E-state index contributed by atoms with van der Waals surface area (Å²) >= 11 is 0. The van der Waals surface area contributed by atoms with Crippen molar-refractivity contribution in [2.75, 3.05) is 7.05 Å². The monoisotopic (exact) mass is 191 g/mol. The molecule has 1 saturated heterocycles. The third-order valence-electron chi connectivity index (χ3n) is 4.76. The van der Waals surface area contributed by atoms with Crippen molar-refractivity contribution in [1.29, 1.82) is 0 Å². The maximum Gasteiger partial charge on any atom is 0.0309 e. The number of fused-ring (bicyclic) bond motifs is 3. The normalized spacial score (nSPS) is 47.5. The van der Waals surface area contributed by atoms with Gasteiger partial charge in [0.25, 0.3) is 0 Å². The summed E-state index contributed by atoms with van der Waals surface area (Å²) < 4.78 is 0. The van der Waals surface area contributed by atoms with Crippen molar-refractivity contribution in [2.24, 2.45) is 11.8 Å². The van der Waals surface area contributed by atoms with Gasteiger partial charge >= 0.3 is 0 Å². The Morgan fingerprint density at radius 2 is 1.93 bits per heavy atom. The average molecular weight is 191 g/mol. The molecule has 0 aromatic carbocycles. The summed E-state index contributed by atoms with van der Waals surface area (Å²) in [6.07, 6.45) is 13.6. The van der Waals surface area contributed by atoms with Gasteiger partial charge in [0.05, 0.1) is 0 Å². The van der Waals surface area contributed by atoms with E-state index in [0.717, 1.165) is 23.9 Å². The standard InChI is InChI=1S/C13H21N/c1-14-12-8-4-2-6-10(12)11-7-3-5-9-13(11)14/h4,8,10-13H,2-3,5-7,9H2,1H3. The maximum atomic E-state index is 2.67. The number of rotatable bonds is 0. The second-order valence-corrected chi connectivity index (χ2v) is 5.34. The highest BCUT2D eigenvalue weighted by Gasteiger charge is 2.46. The smallest absolute Gasteiger partial charge is 0.0309 e. The molecule has 0 bridgehead atoms. The second-order valence-electron chi connectivity index (χ2n) is 5.34. The van der Waals surface area contributed by atoms with Crippen LogP contribution in [0.15, 0.2) is 12.2 Å². The lowest BCUT2D eigenvalue weighted by atomic mass is 9.75. The van der Waals surface area contributed by atoms with Crippen LogP contribution < -0.4 is 0 Å². The van der Waals surface area contributed by atoms with Gasteiger partial charge in [0, 0.05) is 12.1 Å². The molecule has 0 aromatic rings. The van der Waals surface area contributed by atoms with Crippen molar-refractivity contribution in [2.45, 2.75) is 50.6 Å². The van der Waals surface area contributed by atoms with Gasteiger partial charge in [-0.25, -0.2) is 0 Å². The summed E-state index contributed by atoms with van der Waals surface area (Å²) in [5, 5.41) is 0. The Labute approximate surface area is 87.2 Å². The molecule has 78 valence electrons. The van der Waals surface area contributed by atoms with Crippen LogP contribution in [0.5, 0.6) is 0 Å². The van der Waals surface area contributed by atoms with Gasteiger partial charge in [-0.3, -0.25) is 4.90 Å². The van der Waals surface area contributed by atoms with Gasteiger partial charge in [0.15, 0.2) is 0 Å². The molecular weight excluding hydrogens is 170 g/mol. The Morgan fingerprint density at radius 3 is 2.86 bits per heavy atom. The first-order chi connectivity index (χ1) is 6.88. The highest BCUT2D eigenvalue weighted by atomic mass is 15.2. The first-order valence-electron chi connectivity index (χ1n) is 6.26. The van der Waals surface area contributed by atoms with E-state index >= 15 is 0 Å². The molecule has 0 spiro atoms. The molecule has 0 amide bonds. The van der Waals surface area contributed by atoms with E-state index < -0.39 is 0 Å². The second kappa shape index (κ2) is 3.37. The van der Waals surface area contributed by atoms with Crippen LogP contribution in [0.2, 0.25) is 0 Å². The molecular formula is C13H21N. The first kappa shape index (κ1) is 8.96. The van der Waals surface area contributed by atoms with Crippen LogP contribution in [0, 0.1) is 11.8 Å². The molecule has 3 aliphatic rings. The number of hydrogen-bond acceptors (Lipinski definition) is 1. The quantitative estimate of drug-likeness (QED) is 0.532. The number of nitrogens with zero attached hydrogens (tertiary/aromatic N) is 1. The lowest BCUT2D eigenvalue weighted by Crippen LogP contribution is -2.34. The van der Waals surface area contributed by atoms with Gasteiger partial charge in [0.2, 0.25) is 0 Å². The molecule has 1 heterocycles. The minimum Gasteiger partial charge on any atom is -0.296 e. The van der Waals surface area contributed by atoms with Crippen molar-refractivity contribution in [3.05, 3.63) is 12.2 Å². The molecule has 4 atom stereocenters. The molecule has 2 aliphatic carbocycles. The van der Waals surface area contributed by atoms with Gasteiger partial charge in [-0.15, -0.1) is 0 Å². The van der Waals surface area contributed by atoms with Gasteiger partial charge in [-0.1, -0.05) is 25.0 Å². The SMILES string of the molecule is CN1C2C=CCCC2C2CCCCC21. The fourth-order valence-electron chi connectivity index (χ4n) is 4.11. The Hall–Kier alpha value is -0.300. The molecule has 0 radical (unpaired) electrons. The van der Waals surface area contributed by atoms with E-state index in [0.29, 0.717) is 0 Å². The summed E-state index contributed by atoms with van der Waals surface area (Å²) in [6.45, 7) is 0. The summed E-state index contributed by atoms with van der Waals surface area (Å²) in [5.41, 5.74) is 0. The third kappa shape index (κ3) is 1.18.